The number of nitrogens with zero attached hydrogens (tertiary/aromatic N) is 1. The fourth-order valence-corrected chi connectivity index (χ4v) is 3.21. The first kappa shape index (κ1) is 12.0. The minimum Gasteiger partial charge on any atom is -0.355 e. The maximum Gasteiger partial charge on any atom is 0.169 e. The highest BCUT2D eigenvalue weighted by Gasteiger charge is 2.26. The van der Waals surface area contributed by atoms with Crippen LogP contribution in [-0.4, -0.2) is 38.5 Å². The Morgan fingerprint density at radius 3 is 2.94 bits per heavy atom. The summed E-state index contributed by atoms with van der Waals surface area (Å²) in [6.07, 6.45) is 1.03. The van der Waals surface area contributed by atoms with E-state index in [4.69, 9.17) is 9.47 Å². The molecule has 90 valence electrons. The van der Waals surface area contributed by atoms with E-state index in [0.29, 0.717) is 6.04 Å². The van der Waals surface area contributed by atoms with Crippen LogP contribution in [0.2, 0.25) is 0 Å². The van der Waals surface area contributed by atoms with Crippen LogP contribution in [0.3, 0.4) is 0 Å². The first-order chi connectivity index (χ1) is 7.76. The summed E-state index contributed by atoms with van der Waals surface area (Å²) in [6, 6.07) is 2.72. The molecule has 0 fully saturated rings. The highest BCUT2D eigenvalue weighted by Crippen LogP contribution is 2.32. The smallest absolute Gasteiger partial charge is 0.169 e. The number of ether oxygens (including phenoxy) is 2. The quantitative estimate of drug-likeness (QED) is 0.755. The molecule has 2 rings (SSSR count). The van der Waals surface area contributed by atoms with Crippen molar-refractivity contribution in [2.75, 3.05) is 27.3 Å². The molecule has 1 aliphatic heterocycles. The van der Waals surface area contributed by atoms with Gasteiger partial charge in [-0.2, -0.15) is 0 Å². The normalized spacial score (nSPS) is 21.4. The molecule has 0 bridgehead atoms. The summed E-state index contributed by atoms with van der Waals surface area (Å²) in [5.41, 5.74) is 1.47. The van der Waals surface area contributed by atoms with Gasteiger partial charge in [-0.05, 0) is 30.4 Å². The van der Waals surface area contributed by atoms with Gasteiger partial charge < -0.3 is 9.47 Å². The van der Waals surface area contributed by atoms with Crippen LogP contribution in [0.25, 0.3) is 0 Å². The number of fused-ring (bicyclic) bond motifs is 1. The Morgan fingerprint density at radius 2 is 2.25 bits per heavy atom. The molecule has 1 aliphatic rings. The van der Waals surface area contributed by atoms with Gasteiger partial charge in [0.15, 0.2) is 6.29 Å². The van der Waals surface area contributed by atoms with E-state index in [0.717, 1.165) is 19.5 Å². The molecule has 1 aromatic heterocycles. The van der Waals surface area contributed by atoms with E-state index in [9.17, 15) is 0 Å². The minimum atomic E-state index is -0.123. The third kappa shape index (κ3) is 2.30. The zero-order chi connectivity index (χ0) is 11.5. The maximum atomic E-state index is 5.26. The Labute approximate surface area is 101 Å². The van der Waals surface area contributed by atoms with Crippen LogP contribution >= 0.6 is 11.3 Å². The molecular formula is C12H19NO2S. The second-order valence-corrected chi connectivity index (χ2v) is 5.12. The average Bonchev–Trinajstić information content (AvgIpc) is 2.77. The monoisotopic (exact) mass is 241 g/mol. The lowest BCUT2D eigenvalue weighted by Crippen LogP contribution is -2.39. The lowest BCUT2D eigenvalue weighted by molar-refractivity contribution is -0.120. The Bertz CT molecular complexity index is 336. The van der Waals surface area contributed by atoms with Crippen molar-refractivity contribution in [3.63, 3.8) is 0 Å². The van der Waals surface area contributed by atoms with Crippen molar-refractivity contribution in [2.24, 2.45) is 0 Å². The summed E-state index contributed by atoms with van der Waals surface area (Å²) in [5, 5.41) is 2.19. The molecule has 0 N–H and O–H groups in total. The van der Waals surface area contributed by atoms with E-state index in [2.05, 4.69) is 23.3 Å². The van der Waals surface area contributed by atoms with E-state index in [1.54, 1.807) is 14.2 Å². The Hall–Kier alpha value is -0.420. The minimum absolute atomic E-state index is 0.123. The van der Waals surface area contributed by atoms with Gasteiger partial charge in [-0.25, -0.2) is 0 Å². The lowest BCUT2D eigenvalue weighted by Gasteiger charge is -2.35. The Morgan fingerprint density at radius 1 is 1.50 bits per heavy atom. The highest BCUT2D eigenvalue weighted by molar-refractivity contribution is 7.10. The van der Waals surface area contributed by atoms with Gasteiger partial charge in [0.1, 0.15) is 0 Å². The van der Waals surface area contributed by atoms with Crippen LogP contribution in [-0.2, 0) is 15.9 Å². The molecule has 0 aromatic carbocycles. The van der Waals surface area contributed by atoms with Crippen LogP contribution in [0.1, 0.15) is 23.4 Å². The van der Waals surface area contributed by atoms with E-state index in [1.807, 2.05) is 11.3 Å². The summed E-state index contributed by atoms with van der Waals surface area (Å²) < 4.78 is 10.5. The maximum absolute atomic E-state index is 5.26. The molecule has 3 nitrogen and oxygen atoms in total. The summed E-state index contributed by atoms with van der Waals surface area (Å²) in [5.74, 6) is 0. The topological polar surface area (TPSA) is 21.7 Å². The van der Waals surface area contributed by atoms with E-state index in [-0.39, 0.29) is 6.29 Å². The molecule has 0 spiro atoms. The number of hydrogen-bond acceptors (Lipinski definition) is 4. The van der Waals surface area contributed by atoms with Crippen LogP contribution in [0.5, 0.6) is 0 Å². The number of hydrogen-bond donors (Lipinski definition) is 0. The zero-order valence-electron chi connectivity index (χ0n) is 10.1. The van der Waals surface area contributed by atoms with E-state index in [1.165, 1.54) is 10.4 Å². The fourth-order valence-electron chi connectivity index (χ4n) is 2.25. The number of methoxy groups -OCH3 is 2. The molecule has 1 unspecified atom stereocenters. The molecule has 0 aliphatic carbocycles. The highest BCUT2D eigenvalue weighted by atomic mass is 32.1. The SMILES string of the molecule is COC(CN1CCc2sccc2C1C)OC. The van der Waals surface area contributed by atoms with Gasteiger partial charge >= 0.3 is 0 Å². The largest absolute Gasteiger partial charge is 0.355 e. The zero-order valence-corrected chi connectivity index (χ0v) is 10.9. The van der Waals surface area contributed by atoms with Gasteiger partial charge in [0.05, 0.1) is 6.54 Å². The van der Waals surface area contributed by atoms with Gasteiger partial charge in [-0.3, -0.25) is 4.90 Å². The van der Waals surface area contributed by atoms with Crippen molar-refractivity contribution in [1.82, 2.24) is 4.90 Å². The van der Waals surface area contributed by atoms with Crippen LogP contribution in [0, 0.1) is 0 Å². The van der Waals surface area contributed by atoms with Gasteiger partial charge in [-0.15, -0.1) is 11.3 Å². The van der Waals surface area contributed by atoms with Crippen LogP contribution in [0.4, 0.5) is 0 Å². The van der Waals surface area contributed by atoms with Crippen molar-refractivity contribution >= 4 is 11.3 Å². The third-order valence-corrected chi connectivity index (χ3v) is 4.31. The van der Waals surface area contributed by atoms with Gasteiger partial charge in [0.2, 0.25) is 0 Å². The third-order valence-electron chi connectivity index (χ3n) is 3.31. The molecule has 0 saturated heterocycles. The second kappa shape index (κ2) is 5.27. The van der Waals surface area contributed by atoms with E-state index < -0.39 is 0 Å². The summed E-state index contributed by atoms with van der Waals surface area (Å²) >= 11 is 1.87. The van der Waals surface area contributed by atoms with Crippen molar-refractivity contribution in [3.05, 3.63) is 21.9 Å². The first-order valence-electron chi connectivity index (χ1n) is 5.62. The van der Waals surface area contributed by atoms with Crippen LogP contribution in [0.15, 0.2) is 11.4 Å². The number of thiophene rings is 1. The predicted molar refractivity (Wildman–Crippen MR) is 65.8 cm³/mol. The summed E-state index contributed by atoms with van der Waals surface area (Å²) in [4.78, 5) is 3.96. The van der Waals surface area contributed by atoms with Crippen molar-refractivity contribution in [1.29, 1.82) is 0 Å². The summed E-state index contributed by atoms with van der Waals surface area (Å²) in [6.45, 7) is 4.19. The van der Waals surface area contributed by atoms with E-state index >= 15 is 0 Å². The Kier molecular flexibility index (Phi) is 3.97. The first-order valence-corrected chi connectivity index (χ1v) is 6.50. The molecule has 1 aromatic rings. The van der Waals surface area contributed by atoms with Crippen molar-refractivity contribution in [2.45, 2.75) is 25.7 Å². The predicted octanol–water partition coefficient (Wildman–Crippen LogP) is 2.29. The standard InChI is InChI=1S/C12H19NO2S/c1-9-10-5-7-16-11(10)4-6-13(9)8-12(14-2)15-3/h5,7,9,12H,4,6,8H2,1-3H3. The second-order valence-electron chi connectivity index (χ2n) is 4.12. The number of rotatable bonds is 4. The van der Waals surface area contributed by atoms with Gasteiger partial charge in [-0.1, -0.05) is 0 Å². The van der Waals surface area contributed by atoms with Gasteiger partial charge in [0.25, 0.3) is 0 Å². The average molecular weight is 241 g/mol. The molecule has 0 radical (unpaired) electrons. The van der Waals surface area contributed by atoms with Crippen molar-refractivity contribution < 1.29 is 9.47 Å². The molecule has 1 atom stereocenters. The van der Waals surface area contributed by atoms with Crippen molar-refractivity contribution in [3.8, 4) is 0 Å². The van der Waals surface area contributed by atoms with Crippen LogP contribution < -0.4 is 0 Å². The fraction of sp³-hybridized carbons (Fsp3) is 0.667. The molecule has 0 amide bonds. The molecule has 0 saturated carbocycles. The Balaban J connectivity index is 2.04. The van der Waals surface area contributed by atoms with Gasteiger partial charge in [0, 0.05) is 31.7 Å². The summed E-state index contributed by atoms with van der Waals surface area (Å²) in [7, 11) is 3.39. The molecule has 4 heteroatoms. The molecular weight excluding hydrogens is 222 g/mol. The molecule has 16 heavy (non-hydrogen) atoms. The molecule has 2 heterocycles. The lowest BCUT2D eigenvalue weighted by atomic mass is 10.0.